The molecule has 1 fully saturated rings. The number of aromatic nitrogens is 2. The van der Waals surface area contributed by atoms with Crippen molar-refractivity contribution in [3.05, 3.63) is 46.2 Å². The van der Waals surface area contributed by atoms with Crippen molar-refractivity contribution < 1.29 is 4.79 Å². The van der Waals surface area contributed by atoms with Gasteiger partial charge in [0.15, 0.2) is 0 Å². The number of pyridine rings is 1. The summed E-state index contributed by atoms with van der Waals surface area (Å²) < 4.78 is 0. The molecule has 5 nitrogen and oxygen atoms in total. The van der Waals surface area contributed by atoms with Crippen molar-refractivity contribution in [1.29, 1.82) is 0 Å². The number of carbonyl (C=O) groups is 1. The third-order valence-electron chi connectivity index (χ3n) is 3.93. The van der Waals surface area contributed by atoms with Gasteiger partial charge in [0.25, 0.3) is 5.91 Å². The standard InChI is InChI=1S/C17H16N4OS2/c22-16(14-10-19-17(24-14)12-5-8-23-11-12)20-13-3-4-15(18-9-13)21-6-1-2-7-21/h3-5,8-11H,1-2,6-7H2,(H,20,22). The van der Waals surface area contributed by atoms with Gasteiger partial charge in [-0.05, 0) is 36.4 Å². The molecule has 1 saturated heterocycles. The van der Waals surface area contributed by atoms with E-state index in [1.54, 1.807) is 23.7 Å². The summed E-state index contributed by atoms with van der Waals surface area (Å²) in [6.45, 7) is 2.12. The normalized spacial score (nSPS) is 14.1. The SMILES string of the molecule is O=C(Nc1ccc(N2CCCC2)nc1)c1cnc(-c2ccsc2)s1. The zero-order valence-corrected chi connectivity index (χ0v) is 14.6. The van der Waals surface area contributed by atoms with Crippen LogP contribution in [-0.2, 0) is 0 Å². The summed E-state index contributed by atoms with van der Waals surface area (Å²) in [6, 6.07) is 5.87. The monoisotopic (exact) mass is 356 g/mol. The first-order valence-electron chi connectivity index (χ1n) is 7.80. The maximum atomic E-state index is 12.4. The molecule has 0 unspecified atom stereocenters. The van der Waals surface area contributed by atoms with Crippen molar-refractivity contribution in [3.63, 3.8) is 0 Å². The van der Waals surface area contributed by atoms with E-state index in [1.807, 2.05) is 29.0 Å². The summed E-state index contributed by atoms with van der Waals surface area (Å²) in [5, 5.41) is 7.79. The molecule has 1 aliphatic heterocycles. The molecule has 0 atom stereocenters. The maximum absolute atomic E-state index is 12.4. The third-order valence-corrected chi connectivity index (χ3v) is 5.66. The Morgan fingerprint density at radius 2 is 2.00 bits per heavy atom. The van der Waals surface area contributed by atoms with Gasteiger partial charge in [-0.3, -0.25) is 4.79 Å². The average Bonchev–Trinajstić information content (AvgIpc) is 3.35. The van der Waals surface area contributed by atoms with E-state index in [1.165, 1.54) is 24.2 Å². The Labute approximate surface area is 148 Å². The van der Waals surface area contributed by atoms with Gasteiger partial charge in [0, 0.05) is 24.0 Å². The Bertz CT molecular complexity index is 821. The number of nitrogens with zero attached hydrogens (tertiary/aromatic N) is 3. The minimum absolute atomic E-state index is 0.148. The second kappa shape index (κ2) is 6.70. The molecule has 0 saturated carbocycles. The first-order chi connectivity index (χ1) is 11.8. The van der Waals surface area contributed by atoms with Gasteiger partial charge in [-0.25, -0.2) is 9.97 Å². The smallest absolute Gasteiger partial charge is 0.267 e. The van der Waals surface area contributed by atoms with E-state index in [2.05, 4.69) is 20.2 Å². The highest BCUT2D eigenvalue weighted by molar-refractivity contribution is 7.17. The van der Waals surface area contributed by atoms with Gasteiger partial charge in [0.05, 0.1) is 18.1 Å². The summed E-state index contributed by atoms with van der Waals surface area (Å²) in [6.07, 6.45) is 5.78. The Kier molecular flexibility index (Phi) is 4.27. The fourth-order valence-corrected chi connectivity index (χ4v) is 4.21. The highest BCUT2D eigenvalue weighted by atomic mass is 32.1. The van der Waals surface area contributed by atoms with Crippen LogP contribution in [0, 0.1) is 0 Å². The second-order valence-corrected chi connectivity index (χ2v) is 7.41. The van der Waals surface area contributed by atoms with Gasteiger partial charge in [-0.15, -0.1) is 11.3 Å². The summed E-state index contributed by atoms with van der Waals surface area (Å²) in [4.78, 5) is 24.0. The second-order valence-electron chi connectivity index (χ2n) is 5.60. The molecule has 7 heteroatoms. The number of hydrogen-bond acceptors (Lipinski definition) is 6. The first kappa shape index (κ1) is 15.3. The van der Waals surface area contributed by atoms with E-state index in [0.29, 0.717) is 10.6 Å². The summed E-state index contributed by atoms with van der Waals surface area (Å²) in [7, 11) is 0. The number of thiazole rings is 1. The van der Waals surface area contributed by atoms with Gasteiger partial charge < -0.3 is 10.2 Å². The van der Waals surface area contributed by atoms with Crippen LogP contribution in [0.5, 0.6) is 0 Å². The Morgan fingerprint density at radius 1 is 1.12 bits per heavy atom. The van der Waals surface area contributed by atoms with E-state index >= 15 is 0 Å². The molecule has 0 spiro atoms. The molecule has 1 aliphatic rings. The van der Waals surface area contributed by atoms with Crippen LogP contribution < -0.4 is 10.2 Å². The quantitative estimate of drug-likeness (QED) is 0.764. The van der Waals surface area contributed by atoms with Gasteiger partial charge >= 0.3 is 0 Å². The van der Waals surface area contributed by atoms with Crippen LogP contribution in [0.25, 0.3) is 10.6 Å². The van der Waals surface area contributed by atoms with Crippen LogP contribution in [0.3, 0.4) is 0 Å². The number of hydrogen-bond donors (Lipinski definition) is 1. The zero-order valence-electron chi connectivity index (χ0n) is 12.9. The molecule has 4 heterocycles. The lowest BCUT2D eigenvalue weighted by molar-refractivity contribution is 0.103. The fraction of sp³-hybridized carbons (Fsp3) is 0.235. The minimum atomic E-state index is -0.148. The molecule has 0 aromatic carbocycles. The highest BCUT2D eigenvalue weighted by Crippen LogP contribution is 2.27. The number of thiophene rings is 1. The highest BCUT2D eigenvalue weighted by Gasteiger charge is 2.15. The molecule has 3 aromatic rings. The minimum Gasteiger partial charge on any atom is -0.357 e. The Hall–Kier alpha value is -2.25. The molecular formula is C17H16N4OS2. The summed E-state index contributed by atoms with van der Waals surface area (Å²) in [5.41, 5.74) is 1.76. The largest absolute Gasteiger partial charge is 0.357 e. The predicted molar refractivity (Wildman–Crippen MR) is 99.1 cm³/mol. The van der Waals surface area contributed by atoms with Crippen molar-refractivity contribution in [2.24, 2.45) is 0 Å². The lowest BCUT2D eigenvalue weighted by atomic mass is 10.3. The Balaban J connectivity index is 1.44. The molecule has 122 valence electrons. The van der Waals surface area contributed by atoms with E-state index < -0.39 is 0 Å². The number of rotatable bonds is 4. The topological polar surface area (TPSA) is 58.1 Å². The molecule has 1 amide bonds. The summed E-state index contributed by atoms with van der Waals surface area (Å²) in [5.74, 6) is 0.827. The molecule has 24 heavy (non-hydrogen) atoms. The van der Waals surface area contributed by atoms with Crippen molar-refractivity contribution in [1.82, 2.24) is 9.97 Å². The van der Waals surface area contributed by atoms with Crippen LogP contribution in [0.2, 0.25) is 0 Å². The van der Waals surface area contributed by atoms with Crippen LogP contribution in [0.1, 0.15) is 22.5 Å². The lowest BCUT2D eigenvalue weighted by Crippen LogP contribution is -2.19. The third kappa shape index (κ3) is 3.18. The van der Waals surface area contributed by atoms with Crippen LogP contribution in [0.4, 0.5) is 11.5 Å². The molecule has 1 N–H and O–H groups in total. The molecular weight excluding hydrogens is 340 g/mol. The summed E-state index contributed by atoms with van der Waals surface area (Å²) >= 11 is 3.02. The lowest BCUT2D eigenvalue weighted by Gasteiger charge is -2.16. The van der Waals surface area contributed by atoms with Crippen molar-refractivity contribution in [2.75, 3.05) is 23.3 Å². The van der Waals surface area contributed by atoms with Gasteiger partial charge in [0.1, 0.15) is 15.7 Å². The molecule has 4 rings (SSSR count). The van der Waals surface area contributed by atoms with Gasteiger partial charge in [0.2, 0.25) is 0 Å². The van der Waals surface area contributed by atoms with E-state index in [0.717, 1.165) is 29.5 Å². The van der Waals surface area contributed by atoms with E-state index in [9.17, 15) is 4.79 Å². The average molecular weight is 356 g/mol. The van der Waals surface area contributed by atoms with Crippen LogP contribution in [-0.4, -0.2) is 29.0 Å². The molecule has 3 aromatic heterocycles. The number of anilines is 2. The molecule has 0 aliphatic carbocycles. The van der Waals surface area contributed by atoms with Gasteiger partial charge in [-0.2, -0.15) is 11.3 Å². The predicted octanol–water partition coefficient (Wildman–Crippen LogP) is 4.12. The fourth-order valence-electron chi connectivity index (χ4n) is 2.68. The van der Waals surface area contributed by atoms with E-state index in [-0.39, 0.29) is 5.91 Å². The van der Waals surface area contributed by atoms with Crippen molar-refractivity contribution in [2.45, 2.75) is 12.8 Å². The maximum Gasteiger partial charge on any atom is 0.267 e. The molecule has 0 bridgehead atoms. The number of carbonyl (C=O) groups excluding carboxylic acids is 1. The number of amides is 1. The van der Waals surface area contributed by atoms with Crippen LogP contribution in [0.15, 0.2) is 41.4 Å². The van der Waals surface area contributed by atoms with Crippen molar-refractivity contribution >= 4 is 40.1 Å². The van der Waals surface area contributed by atoms with E-state index in [4.69, 9.17) is 0 Å². The number of nitrogens with one attached hydrogen (secondary N) is 1. The zero-order chi connectivity index (χ0) is 16.4. The van der Waals surface area contributed by atoms with Gasteiger partial charge in [-0.1, -0.05) is 0 Å². The van der Waals surface area contributed by atoms with Crippen molar-refractivity contribution in [3.8, 4) is 10.6 Å². The Morgan fingerprint density at radius 3 is 2.71 bits per heavy atom. The molecule has 0 radical (unpaired) electrons. The van der Waals surface area contributed by atoms with Crippen LogP contribution >= 0.6 is 22.7 Å². The first-order valence-corrected chi connectivity index (χ1v) is 9.56.